The molecule has 2 rings (SSSR count). The third-order valence-electron chi connectivity index (χ3n) is 2.62. The number of rotatable bonds is 6. The van der Waals surface area contributed by atoms with Gasteiger partial charge in [0.2, 0.25) is 0 Å². The van der Waals surface area contributed by atoms with Gasteiger partial charge in [0.1, 0.15) is 5.75 Å². The lowest BCUT2D eigenvalue weighted by Crippen LogP contribution is -2.24. The minimum Gasteiger partial charge on any atom is -0.483 e. The molecule has 0 spiro atoms. The first kappa shape index (κ1) is 17.1. The number of hydrogen-bond donors (Lipinski definition) is 1. The highest BCUT2D eigenvalue weighted by Crippen LogP contribution is 2.25. The molecule has 0 unspecified atom stereocenters. The largest absolute Gasteiger partial charge is 0.483 e. The summed E-state index contributed by atoms with van der Waals surface area (Å²) in [4.78, 5) is 22.3. The molecule has 1 aromatic heterocycles. The number of thiophene rings is 1. The van der Waals surface area contributed by atoms with Crippen LogP contribution in [0.5, 0.6) is 5.75 Å². The van der Waals surface area contributed by atoms with Gasteiger partial charge in [-0.2, -0.15) is 5.10 Å². The van der Waals surface area contributed by atoms with E-state index in [0.717, 1.165) is 21.4 Å². The molecule has 9 heteroatoms. The van der Waals surface area contributed by atoms with Crippen molar-refractivity contribution in [3.05, 3.63) is 55.4 Å². The van der Waals surface area contributed by atoms with Crippen molar-refractivity contribution in [2.24, 2.45) is 5.10 Å². The van der Waals surface area contributed by atoms with E-state index < -0.39 is 10.8 Å². The number of amides is 1. The molecule has 1 aromatic carbocycles. The Morgan fingerprint density at radius 3 is 2.91 bits per heavy atom. The summed E-state index contributed by atoms with van der Waals surface area (Å²) in [6.07, 6.45) is 1.34. The third kappa shape index (κ3) is 5.15. The van der Waals surface area contributed by atoms with Gasteiger partial charge in [-0.3, -0.25) is 14.9 Å². The lowest BCUT2D eigenvalue weighted by molar-refractivity contribution is -0.380. The van der Waals surface area contributed by atoms with Crippen molar-refractivity contribution in [3.8, 4) is 5.75 Å². The highest BCUT2D eigenvalue weighted by Gasteiger charge is 2.08. The van der Waals surface area contributed by atoms with E-state index in [1.54, 1.807) is 12.1 Å². The Morgan fingerprint density at radius 1 is 1.48 bits per heavy atom. The Morgan fingerprint density at radius 2 is 2.26 bits per heavy atom. The van der Waals surface area contributed by atoms with Crippen molar-refractivity contribution in [2.75, 3.05) is 6.61 Å². The maximum Gasteiger partial charge on any atom is 0.324 e. The summed E-state index contributed by atoms with van der Waals surface area (Å²) in [5, 5.41) is 14.3. The Balaban J connectivity index is 1.82. The number of carbonyl (C=O) groups excluding carboxylic acids is 1. The highest BCUT2D eigenvalue weighted by atomic mass is 79.9. The van der Waals surface area contributed by atoms with Crippen LogP contribution >= 0.6 is 27.3 Å². The molecule has 0 radical (unpaired) electrons. The van der Waals surface area contributed by atoms with Crippen LogP contribution in [0.15, 0.2) is 39.9 Å². The predicted molar refractivity (Wildman–Crippen MR) is 91.1 cm³/mol. The van der Waals surface area contributed by atoms with Crippen LogP contribution in [0.3, 0.4) is 0 Å². The van der Waals surface area contributed by atoms with E-state index in [1.807, 2.05) is 19.1 Å². The molecule has 23 heavy (non-hydrogen) atoms. The van der Waals surface area contributed by atoms with Crippen molar-refractivity contribution in [3.63, 3.8) is 0 Å². The number of nitrogens with zero attached hydrogens (tertiary/aromatic N) is 2. The summed E-state index contributed by atoms with van der Waals surface area (Å²) in [5.41, 5.74) is 3.37. The number of hydrogen-bond acceptors (Lipinski definition) is 6. The monoisotopic (exact) mass is 397 g/mol. The van der Waals surface area contributed by atoms with E-state index in [9.17, 15) is 14.9 Å². The second-order valence-electron chi connectivity index (χ2n) is 4.45. The zero-order valence-corrected chi connectivity index (χ0v) is 14.4. The van der Waals surface area contributed by atoms with Crippen LogP contribution in [0.2, 0.25) is 0 Å². The van der Waals surface area contributed by atoms with Crippen molar-refractivity contribution in [2.45, 2.75) is 6.92 Å². The molecule has 1 heterocycles. The van der Waals surface area contributed by atoms with Crippen molar-refractivity contribution < 1.29 is 14.5 Å². The minimum absolute atomic E-state index is 0.0188. The fourth-order valence-electron chi connectivity index (χ4n) is 1.58. The molecule has 1 amide bonds. The Hall–Kier alpha value is -2.26. The number of nitrogens with one attached hydrogen (secondary N) is 1. The summed E-state index contributed by atoms with van der Waals surface area (Å²) < 4.78 is 6.14. The van der Waals surface area contributed by atoms with Crippen molar-refractivity contribution in [1.82, 2.24) is 5.43 Å². The molecule has 0 bridgehead atoms. The van der Waals surface area contributed by atoms with Crippen LogP contribution in [-0.2, 0) is 4.79 Å². The minimum atomic E-state index is -0.478. The van der Waals surface area contributed by atoms with Crippen LogP contribution in [0, 0.1) is 17.0 Å². The quantitative estimate of drug-likeness (QED) is 0.459. The second kappa shape index (κ2) is 7.84. The average Bonchev–Trinajstić information content (AvgIpc) is 2.95. The standard InChI is InChI=1S/C14H12BrN3O4S/c1-9-2-4-12(11(15)6-9)22-8-13(19)17-16-7-10-3-5-14(23-10)18(20)21/h2-7H,8H2,1H3,(H,17,19). The molecule has 0 fully saturated rings. The fourth-order valence-corrected chi connectivity index (χ4v) is 2.88. The SMILES string of the molecule is Cc1ccc(OCC(=O)NN=Cc2ccc([N+](=O)[O-])s2)c(Br)c1. The summed E-state index contributed by atoms with van der Waals surface area (Å²) in [6, 6.07) is 8.46. The van der Waals surface area contributed by atoms with Gasteiger partial charge in [0.15, 0.2) is 6.61 Å². The number of carbonyl (C=O) groups is 1. The molecule has 0 saturated carbocycles. The van der Waals surface area contributed by atoms with Crippen molar-refractivity contribution in [1.29, 1.82) is 0 Å². The van der Waals surface area contributed by atoms with Gasteiger partial charge in [-0.1, -0.05) is 17.4 Å². The molecule has 2 aromatic rings. The van der Waals surface area contributed by atoms with Gasteiger partial charge in [0, 0.05) is 6.07 Å². The normalized spacial score (nSPS) is 10.7. The summed E-state index contributed by atoms with van der Waals surface area (Å²) in [5.74, 6) is 0.128. The van der Waals surface area contributed by atoms with Gasteiger partial charge in [-0.25, -0.2) is 5.43 Å². The van der Waals surface area contributed by atoms with E-state index in [0.29, 0.717) is 10.6 Å². The van der Waals surface area contributed by atoms with E-state index in [4.69, 9.17) is 4.74 Å². The molecule has 0 aliphatic heterocycles. The number of hydrazone groups is 1. The van der Waals surface area contributed by atoms with Gasteiger partial charge >= 0.3 is 5.00 Å². The zero-order valence-electron chi connectivity index (χ0n) is 12.0. The van der Waals surface area contributed by atoms with Crippen LogP contribution in [0.4, 0.5) is 5.00 Å². The van der Waals surface area contributed by atoms with E-state index >= 15 is 0 Å². The van der Waals surface area contributed by atoms with Crippen molar-refractivity contribution >= 4 is 44.4 Å². The third-order valence-corrected chi connectivity index (χ3v) is 4.21. The maximum absolute atomic E-state index is 11.6. The number of aryl methyl sites for hydroxylation is 1. The Labute approximate surface area is 144 Å². The summed E-state index contributed by atoms with van der Waals surface area (Å²) in [7, 11) is 0. The molecule has 120 valence electrons. The second-order valence-corrected chi connectivity index (χ2v) is 6.40. The highest BCUT2D eigenvalue weighted by molar-refractivity contribution is 9.10. The Kier molecular flexibility index (Phi) is 5.83. The van der Waals surface area contributed by atoms with E-state index in [2.05, 4.69) is 26.5 Å². The zero-order chi connectivity index (χ0) is 16.8. The smallest absolute Gasteiger partial charge is 0.324 e. The number of halogens is 1. The van der Waals surface area contributed by atoms with Gasteiger partial charge in [-0.15, -0.1) is 0 Å². The van der Waals surface area contributed by atoms with Gasteiger partial charge in [-0.05, 0) is 46.6 Å². The van der Waals surface area contributed by atoms with E-state index in [-0.39, 0.29) is 11.6 Å². The van der Waals surface area contributed by atoms with Crippen LogP contribution < -0.4 is 10.2 Å². The molecule has 7 nitrogen and oxygen atoms in total. The Bertz CT molecular complexity index is 760. The topological polar surface area (TPSA) is 93.8 Å². The predicted octanol–water partition coefficient (Wildman–Crippen LogP) is 3.26. The summed E-state index contributed by atoms with van der Waals surface area (Å²) >= 11 is 4.32. The lowest BCUT2D eigenvalue weighted by atomic mass is 10.2. The first-order valence-electron chi connectivity index (χ1n) is 6.41. The molecular formula is C14H12BrN3O4S. The maximum atomic E-state index is 11.6. The molecule has 0 aliphatic carbocycles. The molecule has 0 atom stereocenters. The van der Waals surface area contributed by atoms with Crippen LogP contribution in [0.25, 0.3) is 0 Å². The number of ether oxygens (including phenoxy) is 1. The molecular weight excluding hydrogens is 386 g/mol. The number of benzene rings is 1. The fraction of sp³-hybridized carbons (Fsp3) is 0.143. The average molecular weight is 398 g/mol. The molecule has 0 aliphatic rings. The lowest BCUT2D eigenvalue weighted by Gasteiger charge is -2.07. The van der Waals surface area contributed by atoms with Crippen LogP contribution in [0.1, 0.15) is 10.4 Å². The van der Waals surface area contributed by atoms with Gasteiger partial charge in [0.25, 0.3) is 5.91 Å². The molecule has 1 N–H and O–H groups in total. The van der Waals surface area contributed by atoms with Crippen LogP contribution in [-0.4, -0.2) is 23.7 Å². The van der Waals surface area contributed by atoms with Gasteiger partial charge < -0.3 is 4.74 Å². The summed E-state index contributed by atoms with van der Waals surface area (Å²) in [6.45, 7) is 1.76. The van der Waals surface area contributed by atoms with Gasteiger partial charge in [0.05, 0.1) is 20.5 Å². The first-order chi connectivity index (χ1) is 11.0. The first-order valence-corrected chi connectivity index (χ1v) is 8.02. The molecule has 0 saturated heterocycles. The number of nitro groups is 1. The van der Waals surface area contributed by atoms with E-state index in [1.165, 1.54) is 12.3 Å².